The second-order valence-electron chi connectivity index (χ2n) is 8.89. The Labute approximate surface area is 154 Å². The predicted molar refractivity (Wildman–Crippen MR) is 115 cm³/mol. The molecule has 0 amide bonds. The Balaban J connectivity index is 2.45. The second-order valence-corrected chi connectivity index (χ2v) is 16.7. The lowest BCUT2D eigenvalue weighted by Gasteiger charge is -2.47. The van der Waals surface area contributed by atoms with Crippen LogP contribution in [0.25, 0.3) is 0 Å². The quantitative estimate of drug-likeness (QED) is 0.508. The monoisotopic (exact) mass is 379 g/mol. The van der Waals surface area contributed by atoms with Gasteiger partial charge in [0.25, 0.3) is 0 Å². The van der Waals surface area contributed by atoms with Gasteiger partial charge in [-0.05, 0) is 77.1 Å². The van der Waals surface area contributed by atoms with Gasteiger partial charge in [0.2, 0.25) is 0 Å². The van der Waals surface area contributed by atoms with E-state index in [1.54, 1.807) is 6.08 Å². The molecule has 0 atom stereocenters. The molecule has 5 heteroatoms. The summed E-state index contributed by atoms with van der Waals surface area (Å²) in [7, 11) is -1.17. The van der Waals surface area contributed by atoms with Crippen molar-refractivity contribution in [1.82, 2.24) is 3.71 Å². The van der Waals surface area contributed by atoms with Crippen LogP contribution in [0.15, 0.2) is 12.7 Å². The van der Waals surface area contributed by atoms with Crippen LogP contribution in [-0.2, 0) is 9.47 Å². The molecule has 0 saturated carbocycles. The van der Waals surface area contributed by atoms with Gasteiger partial charge in [-0.25, -0.2) is 3.71 Å². The van der Waals surface area contributed by atoms with Crippen LogP contribution < -0.4 is 0 Å². The van der Waals surface area contributed by atoms with Crippen molar-refractivity contribution in [3.05, 3.63) is 12.7 Å². The first-order chi connectivity index (χ1) is 10.8. The van der Waals surface area contributed by atoms with Gasteiger partial charge >= 0.3 is 0 Å². The molecule has 0 aliphatic carbocycles. The molecule has 0 unspecified atom stereocenters. The van der Waals surface area contributed by atoms with E-state index in [4.69, 9.17) is 9.47 Å². The Bertz CT molecular complexity index is 404. The van der Waals surface area contributed by atoms with Gasteiger partial charge in [0.15, 0.2) is 0 Å². The van der Waals surface area contributed by atoms with Gasteiger partial charge in [-0.2, -0.15) is 20.4 Å². The average Bonchev–Trinajstić information content (AvgIpc) is 2.63. The maximum atomic E-state index is 6.23. The molecule has 1 fully saturated rings. The van der Waals surface area contributed by atoms with E-state index < -0.39 is 20.4 Å². The zero-order chi connectivity index (χ0) is 18.6. The Morgan fingerprint density at radius 2 is 1.42 bits per heavy atom. The highest BCUT2D eigenvalue weighted by Gasteiger charge is 2.39. The summed E-state index contributed by atoms with van der Waals surface area (Å²) in [5.41, 5.74) is -0.236. The topological polar surface area (TPSA) is 21.7 Å². The summed E-state index contributed by atoms with van der Waals surface area (Å²) in [6.45, 7) is 14.9. The Morgan fingerprint density at radius 1 is 0.917 bits per heavy atom. The molecule has 0 N–H and O–H groups in total. The lowest BCUT2D eigenvalue weighted by molar-refractivity contribution is -0.0682. The molecule has 146 valence electrons. The summed E-state index contributed by atoms with van der Waals surface area (Å²) in [6, 6.07) is 0. The second kappa shape index (κ2) is 8.34. The van der Waals surface area contributed by atoms with E-state index >= 15 is 0 Å². The maximum Gasteiger partial charge on any atom is 0.0652 e. The van der Waals surface area contributed by atoms with Crippen molar-refractivity contribution in [2.24, 2.45) is 0 Å². The SMILES string of the molecule is C=CCOC(C)(C)CCOC(C)(C)CCN1S(C)(C)CCS1(C)C. The number of ether oxygens (including phenoxy) is 2. The lowest BCUT2D eigenvalue weighted by Crippen LogP contribution is -2.34. The number of hydrogen-bond acceptors (Lipinski definition) is 3. The molecule has 0 bridgehead atoms. The third-order valence-electron chi connectivity index (χ3n) is 4.87. The number of rotatable bonds is 10. The third-order valence-corrected chi connectivity index (χ3v) is 12.5. The molecule has 0 aromatic carbocycles. The van der Waals surface area contributed by atoms with Crippen molar-refractivity contribution >= 4 is 20.4 Å². The molecule has 0 radical (unpaired) electrons. The van der Waals surface area contributed by atoms with E-state index in [-0.39, 0.29) is 11.2 Å². The number of hydrogen-bond donors (Lipinski definition) is 0. The molecule has 0 aromatic heterocycles. The Kier molecular flexibility index (Phi) is 7.77. The summed E-state index contributed by atoms with van der Waals surface area (Å²) in [5.74, 6) is 2.79. The molecule has 1 heterocycles. The Morgan fingerprint density at radius 3 is 1.92 bits per heavy atom. The minimum atomic E-state index is -0.586. The highest BCUT2D eigenvalue weighted by Crippen LogP contribution is 2.67. The highest BCUT2D eigenvalue weighted by atomic mass is 32.3. The molecular formula is C19H41NO2S2. The summed E-state index contributed by atoms with van der Waals surface area (Å²) >= 11 is 0. The normalized spacial score (nSPS) is 23.8. The molecule has 1 aliphatic rings. The average molecular weight is 380 g/mol. The molecule has 0 aromatic rings. The van der Waals surface area contributed by atoms with Crippen LogP contribution >= 0.6 is 20.4 Å². The summed E-state index contributed by atoms with van der Waals surface area (Å²) in [6.07, 6.45) is 13.7. The molecule has 0 spiro atoms. The van der Waals surface area contributed by atoms with Crippen molar-refractivity contribution in [3.63, 3.8) is 0 Å². The van der Waals surface area contributed by atoms with Crippen molar-refractivity contribution < 1.29 is 9.47 Å². The van der Waals surface area contributed by atoms with Crippen molar-refractivity contribution in [3.8, 4) is 0 Å². The maximum absolute atomic E-state index is 6.23. The van der Waals surface area contributed by atoms with E-state index in [0.717, 1.165) is 26.0 Å². The van der Waals surface area contributed by atoms with Crippen LogP contribution in [0.2, 0.25) is 0 Å². The predicted octanol–water partition coefficient (Wildman–Crippen LogP) is 4.82. The zero-order valence-electron chi connectivity index (χ0n) is 17.3. The summed E-state index contributed by atoms with van der Waals surface area (Å²) < 4.78 is 14.9. The van der Waals surface area contributed by atoms with Crippen molar-refractivity contribution in [2.45, 2.75) is 51.7 Å². The van der Waals surface area contributed by atoms with Gasteiger partial charge < -0.3 is 9.47 Å². The van der Waals surface area contributed by atoms with Gasteiger partial charge in [0.05, 0.1) is 24.4 Å². The Hall–Kier alpha value is 0.320. The summed E-state index contributed by atoms with van der Waals surface area (Å²) in [5, 5.41) is 0. The minimum Gasteiger partial charge on any atom is -0.375 e. The van der Waals surface area contributed by atoms with Crippen LogP contribution in [0.4, 0.5) is 0 Å². The van der Waals surface area contributed by atoms with E-state index in [1.165, 1.54) is 11.5 Å². The van der Waals surface area contributed by atoms with Gasteiger partial charge in [-0.3, -0.25) is 0 Å². The third kappa shape index (κ3) is 6.91. The molecule has 3 nitrogen and oxygen atoms in total. The van der Waals surface area contributed by atoms with Gasteiger partial charge in [0.1, 0.15) is 0 Å². The van der Waals surface area contributed by atoms with Crippen LogP contribution in [-0.4, -0.2) is 71.2 Å². The fourth-order valence-electron chi connectivity index (χ4n) is 3.01. The van der Waals surface area contributed by atoms with Crippen LogP contribution in [0.5, 0.6) is 0 Å². The molecule has 1 aliphatic heterocycles. The van der Waals surface area contributed by atoms with Crippen molar-refractivity contribution in [1.29, 1.82) is 0 Å². The van der Waals surface area contributed by atoms with E-state index in [2.05, 4.69) is 63.0 Å². The first-order valence-corrected chi connectivity index (χ1v) is 14.1. The smallest absolute Gasteiger partial charge is 0.0652 e. The van der Waals surface area contributed by atoms with Gasteiger partial charge in [-0.1, -0.05) is 6.08 Å². The van der Waals surface area contributed by atoms with E-state index in [1.807, 2.05) is 0 Å². The van der Waals surface area contributed by atoms with Gasteiger partial charge in [-0.15, -0.1) is 6.58 Å². The zero-order valence-corrected chi connectivity index (χ0v) is 18.9. The van der Waals surface area contributed by atoms with Crippen LogP contribution in [0.3, 0.4) is 0 Å². The first kappa shape index (κ1) is 22.4. The van der Waals surface area contributed by atoms with E-state index in [9.17, 15) is 0 Å². The molecule has 24 heavy (non-hydrogen) atoms. The van der Waals surface area contributed by atoms with Crippen LogP contribution in [0.1, 0.15) is 40.5 Å². The molecular weight excluding hydrogens is 338 g/mol. The standard InChI is InChI=1S/C19H41NO2S2/c1-10-14-21-19(4,5)12-15-22-18(2,3)11-13-20-23(6,7)16-17-24(20,8)9/h10H,1,11-17H2,2-9H3. The fourth-order valence-corrected chi connectivity index (χ4v) is 12.7. The van der Waals surface area contributed by atoms with E-state index in [0.29, 0.717) is 6.61 Å². The fraction of sp³-hybridized carbons (Fsp3) is 0.895. The van der Waals surface area contributed by atoms with Crippen molar-refractivity contribution in [2.75, 3.05) is 56.3 Å². The lowest BCUT2D eigenvalue weighted by atomic mass is 10.0. The first-order valence-electron chi connectivity index (χ1n) is 8.90. The minimum absolute atomic E-state index is 0.0812. The molecule has 1 saturated heterocycles. The van der Waals surface area contributed by atoms with Crippen LogP contribution in [0, 0.1) is 0 Å². The summed E-state index contributed by atoms with van der Waals surface area (Å²) in [4.78, 5) is 0. The highest BCUT2D eigenvalue weighted by molar-refractivity contribution is 8.47. The largest absolute Gasteiger partial charge is 0.375 e. The number of nitrogens with zero attached hydrogens (tertiary/aromatic N) is 1. The molecule has 1 rings (SSSR count). The van der Waals surface area contributed by atoms with Gasteiger partial charge in [0, 0.05) is 6.54 Å².